The van der Waals surface area contributed by atoms with Crippen LogP contribution in [0, 0.1) is 0 Å². The van der Waals surface area contributed by atoms with Crippen LogP contribution in [0.5, 0.6) is 0 Å². The summed E-state index contributed by atoms with van der Waals surface area (Å²) in [5.74, 6) is 2.05. The van der Waals surface area contributed by atoms with E-state index in [1.807, 2.05) is 42.1 Å². The average Bonchev–Trinajstić information content (AvgIpc) is 2.51. The molecule has 20 heavy (non-hydrogen) atoms. The lowest BCUT2D eigenvalue weighted by molar-refractivity contribution is 0.662. The molecular formula is C15H14BrClN2S. The second-order valence-electron chi connectivity index (χ2n) is 4.76. The number of hydrogen-bond acceptors (Lipinski definition) is 3. The minimum atomic E-state index is 0.372. The lowest BCUT2D eigenvalue weighted by atomic mass is 10.1. The minimum absolute atomic E-state index is 0.372. The molecule has 5 heteroatoms. The first-order valence-electron chi connectivity index (χ1n) is 6.65. The van der Waals surface area contributed by atoms with Crippen LogP contribution in [0.15, 0.2) is 34.8 Å². The molecule has 0 spiro atoms. The van der Waals surface area contributed by atoms with Crippen molar-refractivity contribution in [3.8, 4) is 11.3 Å². The van der Waals surface area contributed by atoms with Crippen molar-refractivity contribution in [2.24, 2.45) is 0 Å². The average molecular weight is 370 g/mol. The summed E-state index contributed by atoms with van der Waals surface area (Å²) in [6, 6.07) is 10.1. The third-order valence-electron chi connectivity index (χ3n) is 3.34. The number of hydrogen-bond donors (Lipinski definition) is 0. The largest absolute Gasteiger partial charge is 0.230 e. The SMILES string of the molecule is Clc1nc(C2CCCCS2)nc(-c2ccccc2)c1Br. The van der Waals surface area contributed by atoms with Crippen LogP contribution in [0.3, 0.4) is 0 Å². The van der Waals surface area contributed by atoms with E-state index in [9.17, 15) is 0 Å². The van der Waals surface area contributed by atoms with Gasteiger partial charge in [0, 0.05) is 5.56 Å². The molecule has 2 nitrogen and oxygen atoms in total. The molecule has 0 saturated carbocycles. The van der Waals surface area contributed by atoms with Crippen molar-refractivity contribution in [3.63, 3.8) is 0 Å². The van der Waals surface area contributed by atoms with Gasteiger partial charge in [0.25, 0.3) is 0 Å². The fraction of sp³-hybridized carbons (Fsp3) is 0.333. The highest BCUT2D eigenvalue weighted by Crippen LogP contribution is 2.39. The van der Waals surface area contributed by atoms with E-state index in [4.69, 9.17) is 16.6 Å². The molecule has 0 aliphatic carbocycles. The highest BCUT2D eigenvalue weighted by molar-refractivity contribution is 9.10. The molecule has 0 bridgehead atoms. The van der Waals surface area contributed by atoms with E-state index in [1.54, 1.807) is 0 Å². The van der Waals surface area contributed by atoms with Crippen LogP contribution in [0.2, 0.25) is 5.15 Å². The zero-order chi connectivity index (χ0) is 13.9. The Morgan fingerprint density at radius 1 is 1.15 bits per heavy atom. The molecule has 2 heterocycles. The van der Waals surface area contributed by atoms with E-state index in [0.717, 1.165) is 28.0 Å². The van der Waals surface area contributed by atoms with Gasteiger partial charge in [0.15, 0.2) is 0 Å². The first-order chi connectivity index (χ1) is 9.75. The van der Waals surface area contributed by atoms with Gasteiger partial charge in [-0.1, -0.05) is 48.4 Å². The van der Waals surface area contributed by atoms with Gasteiger partial charge in [0.05, 0.1) is 15.4 Å². The van der Waals surface area contributed by atoms with Crippen LogP contribution >= 0.6 is 39.3 Å². The summed E-state index contributed by atoms with van der Waals surface area (Å²) in [4.78, 5) is 9.23. The van der Waals surface area contributed by atoms with Crippen molar-refractivity contribution in [2.45, 2.75) is 24.5 Å². The molecule has 1 aliphatic heterocycles. The molecule has 3 rings (SSSR count). The van der Waals surface area contributed by atoms with E-state index in [1.165, 1.54) is 18.6 Å². The number of benzene rings is 1. The van der Waals surface area contributed by atoms with Gasteiger partial charge in [-0.05, 0) is 34.5 Å². The van der Waals surface area contributed by atoms with E-state index in [0.29, 0.717) is 10.4 Å². The quantitative estimate of drug-likeness (QED) is 0.652. The third kappa shape index (κ3) is 3.02. The molecule has 104 valence electrons. The molecule has 2 aromatic rings. The zero-order valence-electron chi connectivity index (χ0n) is 10.9. The molecule has 1 saturated heterocycles. The van der Waals surface area contributed by atoms with Crippen molar-refractivity contribution >= 4 is 39.3 Å². The zero-order valence-corrected chi connectivity index (χ0v) is 14.0. The summed E-state index contributed by atoms with van der Waals surface area (Å²) in [7, 11) is 0. The normalized spacial score (nSPS) is 19.0. The minimum Gasteiger partial charge on any atom is -0.230 e. The topological polar surface area (TPSA) is 25.8 Å². The lowest BCUT2D eigenvalue weighted by Gasteiger charge is -2.21. The van der Waals surface area contributed by atoms with E-state index >= 15 is 0 Å². The van der Waals surface area contributed by atoms with Crippen molar-refractivity contribution in [3.05, 3.63) is 45.8 Å². The Kier molecular flexibility index (Phi) is 4.64. The lowest BCUT2D eigenvalue weighted by Crippen LogP contribution is -2.08. The summed E-state index contributed by atoms with van der Waals surface area (Å²) in [5.41, 5.74) is 1.94. The summed E-state index contributed by atoms with van der Waals surface area (Å²) in [5, 5.41) is 0.872. The predicted octanol–water partition coefficient (Wildman–Crippen LogP) is 5.52. The van der Waals surface area contributed by atoms with Gasteiger partial charge in [-0.15, -0.1) is 0 Å². The maximum Gasteiger partial charge on any atom is 0.147 e. The van der Waals surface area contributed by atoms with Crippen LogP contribution in [0.4, 0.5) is 0 Å². The Morgan fingerprint density at radius 2 is 1.95 bits per heavy atom. The monoisotopic (exact) mass is 368 g/mol. The van der Waals surface area contributed by atoms with Crippen LogP contribution in [0.1, 0.15) is 30.3 Å². The van der Waals surface area contributed by atoms with Gasteiger partial charge in [0.1, 0.15) is 11.0 Å². The smallest absolute Gasteiger partial charge is 0.147 e. The number of rotatable bonds is 2. The highest BCUT2D eigenvalue weighted by Gasteiger charge is 2.22. The second kappa shape index (κ2) is 6.46. The van der Waals surface area contributed by atoms with Crippen molar-refractivity contribution in [1.82, 2.24) is 9.97 Å². The van der Waals surface area contributed by atoms with E-state index in [2.05, 4.69) is 20.9 Å². The molecular weight excluding hydrogens is 356 g/mol. The second-order valence-corrected chi connectivity index (χ2v) is 7.22. The molecule has 1 aliphatic rings. The van der Waals surface area contributed by atoms with Crippen molar-refractivity contribution in [1.29, 1.82) is 0 Å². The first-order valence-corrected chi connectivity index (χ1v) is 8.87. The van der Waals surface area contributed by atoms with Gasteiger partial charge in [-0.25, -0.2) is 9.97 Å². The maximum absolute atomic E-state index is 6.28. The Labute approximate surface area is 136 Å². The summed E-state index contributed by atoms with van der Waals surface area (Å²) < 4.78 is 0.773. The van der Waals surface area contributed by atoms with Gasteiger partial charge < -0.3 is 0 Å². The van der Waals surface area contributed by atoms with Gasteiger partial charge in [-0.2, -0.15) is 11.8 Å². The van der Waals surface area contributed by atoms with Gasteiger partial charge >= 0.3 is 0 Å². The predicted molar refractivity (Wildman–Crippen MR) is 89.2 cm³/mol. The highest BCUT2D eigenvalue weighted by atomic mass is 79.9. The number of aromatic nitrogens is 2. The Morgan fingerprint density at radius 3 is 2.65 bits per heavy atom. The fourth-order valence-electron chi connectivity index (χ4n) is 2.31. The Balaban J connectivity index is 2.03. The van der Waals surface area contributed by atoms with Crippen LogP contribution in [-0.2, 0) is 0 Å². The number of nitrogens with zero attached hydrogens (tertiary/aromatic N) is 2. The number of thioether (sulfide) groups is 1. The van der Waals surface area contributed by atoms with Gasteiger partial charge in [-0.3, -0.25) is 0 Å². The molecule has 1 aromatic carbocycles. The third-order valence-corrected chi connectivity index (χ3v) is 5.97. The summed E-state index contributed by atoms with van der Waals surface area (Å²) in [6.45, 7) is 0. The van der Waals surface area contributed by atoms with Crippen LogP contribution in [-0.4, -0.2) is 15.7 Å². The standard InChI is InChI=1S/C15H14BrClN2S/c16-12-13(10-6-2-1-3-7-10)18-15(19-14(12)17)11-8-4-5-9-20-11/h1-3,6-7,11H,4-5,8-9H2. The molecule has 1 unspecified atom stereocenters. The van der Waals surface area contributed by atoms with Crippen LogP contribution < -0.4 is 0 Å². The Hall–Kier alpha value is -0.580. The summed E-state index contributed by atoms with van der Waals surface area (Å²) in [6.07, 6.45) is 3.67. The van der Waals surface area contributed by atoms with Crippen molar-refractivity contribution in [2.75, 3.05) is 5.75 Å². The first kappa shape index (κ1) is 14.4. The molecule has 1 fully saturated rings. The fourth-order valence-corrected chi connectivity index (χ4v) is 4.14. The molecule has 0 N–H and O–H groups in total. The van der Waals surface area contributed by atoms with E-state index < -0.39 is 0 Å². The number of halogens is 2. The van der Waals surface area contributed by atoms with Crippen LogP contribution in [0.25, 0.3) is 11.3 Å². The summed E-state index contributed by atoms with van der Waals surface area (Å²) >= 11 is 11.7. The Bertz CT molecular complexity index is 600. The molecule has 1 atom stereocenters. The molecule has 1 aromatic heterocycles. The van der Waals surface area contributed by atoms with E-state index in [-0.39, 0.29) is 0 Å². The molecule has 0 amide bonds. The van der Waals surface area contributed by atoms with Crippen molar-refractivity contribution < 1.29 is 0 Å². The maximum atomic E-state index is 6.28. The molecule has 0 radical (unpaired) electrons. The van der Waals surface area contributed by atoms with Gasteiger partial charge in [0.2, 0.25) is 0 Å².